The van der Waals surface area contributed by atoms with Gasteiger partial charge in [-0.1, -0.05) is 57.0 Å². The van der Waals surface area contributed by atoms with Crippen LogP contribution in [0.15, 0.2) is 63.6 Å². The lowest BCUT2D eigenvalue weighted by atomic mass is 10.1. The van der Waals surface area contributed by atoms with Crippen molar-refractivity contribution >= 4 is 21.9 Å². The molecule has 4 nitrogen and oxygen atoms in total. The number of hydrogen-bond donors (Lipinski definition) is 0. The molecule has 0 unspecified atom stereocenters. The second kappa shape index (κ2) is 6.79. The summed E-state index contributed by atoms with van der Waals surface area (Å²) in [6.07, 6.45) is 0. The van der Waals surface area contributed by atoms with Gasteiger partial charge in [0.05, 0.1) is 5.56 Å². The van der Waals surface area contributed by atoms with Crippen molar-refractivity contribution in [3.63, 3.8) is 0 Å². The van der Waals surface area contributed by atoms with Crippen LogP contribution in [0.2, 0.25) is 0 Å². The average molecular weight is 372 g/mol. The van der Waals surface area contributed by atoms with E-state index >= 15 is 0 Å². The molecular weight excluding hydrogens is 358 g/mol. The molecular formula is C18H14BrNO3. The van der Waals surface area contributed by atoms with E-state index in [2.05, 4.69) is 21.1 Å². The number of aromatic nitrogens is 1. The smallest absolute Gasteiger partial charge is 0.338 e. The van der Waals surface area contributed by atoms with Crippen molar-refractivity contribution in [3.8, 4) is 11.3 Å². The number of hydrogen-bond acceptors (Lipinski definition) is 4. The molecule has 3 aromatic rings. The SMILES string of the molecule is Cc1ccc(-c2cc(COC(=O)c3cccc(Br)c3)no2)cc1. The summed E-state index contributed by atoms with van der Waals surface area (Å²) in [5, 5.41) is 3.94. The summed E-state index contributed by atoms with van der Waals surface area (Å²) >= 11 is 3.33. The Morgan fingerprint density at radius 1 is 1.17 bits per heavy atom. The lowest BCUT2D eigenvalue weighted by molar-refractivity contribution is 0.0464. The first-order valence-corrected chi connectivity index (χ1v) is 7.86. The van der Waals surface area contributed by atoms with Gasteiger partial charge >= 0.3 is 5.97 Å². The number of aryl methyl sites for hydroxylation is 1. The molecule has 0 amide bonds. The molecule has 116 valence electrons. The fourth-order valence-corrected chi connectivity index (χ4v) is 2.47. The van der Waals surface area contributed by atoms with Crippen LogP contribution in [0.3, 0.4) is 0 Å². The predicted octanol–water partition coefficient (Wildman–Crippen LogP) is 4.77. The van der Waals surface area contributed by atoms with Crippen LogP contribution in [0.1, 0.15) is 21.6 Å². The fourth-order valence-electron chi connectivity index (χ4n) is 2.07. The van der Waals surface area contributed by atoms with Crippen LogP contribution in [0.5, 0.6) is 0 Å². The molecule has 5 heteroatoms. The molecule has 0 saturated heterocycles. The second-order valence-corrected chi connectivity index (χ2v) is 6.05. The summed E-state index contributed by atoms with van der Waals surface area (Å²) in [5.41, 5.74) is 3.18. The third kappa shape index (κ3) is 3.87. The molecule has 0 saturated carbocycles. The molecule has 0 N–H and O–H groups in total. The summed E-state index contributed by atoms with van der Waals surface area (Å²) in [7, 11) is 0. The zero-order chi connectivity index (χ0) is 16.2. The van der Waals surface area contributed by atoms with E-state index in [1.165, 1.54) is 5.56 Å². The number of rotatable bonds is 4. The van der Waals surface area contributed by atoms with E-state index < -0.39 is 5.97 Å². The van der Waals surface area contributed by atoms with Crippen molar-refractivity contribution in [1.82, 2.24) is 5.16 Å². The van der Waals surface area contributed by atoms with E-state index in [0.29, 0.717) is 17.0 Å². The van der Waals surface area contributed by atoms with Crippen LogP contribution >= 0.6 is 15.9 Å². The highest BCUT2D eigenvalue weighted by Gasteiger charge is 2.11. The number of benzene rings is 2. The highest BCUT2D eigenvalue weighted by atomic mass is 79.9. The molecule has 0 radical (unpaired) electrons. The highest BCUT2D eigenvalue weighted by Crippen LogP contribution is 2.21. The Kier molecular flexibility index (Phi) is 4.57. The van der Waals surface area contributed by atoms with Crippen LogP contribution < -0.4 is 0 Å². The zero-order valence-corrected chi connectivity index (χ0v) is 14.0. The third-order valence-electron chi connectivity index (χ3n) is 3.31. The first-order valence-electron chi connectivity index (χ1n) is 7.07. The van der Waals surface area contributed by atoms with E-state index in [9.17, 15) is 4.79 Å². The first kappa shape index (κ1) is 15.5. The summed E-state index contributed by atoms with van der Waals surface area (Å²) in [4.78, 5) is 12.0. The standard InChI is InChI=1S/C18H14BrNO3/c1-12-5-7-13(8-6-12)17-10-16(20-23-17)11-22-18(21)14-3-2-4-15(19)9-14/h2-10H,11H2,1H3. The molecule has 1 heterocycles. The summed E-state index contributed by atoms with van der Waals surface area (Å²) in [6, 6.07) is 16.8. The van der Waals surface area contributed by atoms with Gasteiger partial charge in [0, 0.05) is 16.1 Å². The van der Waals surface area contributed by atoms with Crippen molar-refractivity contribution in [2.45, 2.75) is 13.5 Å². The van der Waals surface area contributed by atoms with E-state index in [-0.39, 0.29) is 6.61 Å². The largest absolute Gasteiger partial charge is 0.455 e. The van der Waals surface area contributed by atoms with E-state index in [0.717, 1.165) is 10.0 Å². The first-order chi connectivity index (χ1) is 11.1. The van der Waals surface area contributed by atoms with Crippen molar-refractivity contribution in [1.29, 1.82) is 0 Å². The van der Waals surface area contributed by atoms with Crippen molar-refractivity contribution in [2.24, 2.45) is 0 Å². The van der Waals surface area contributed by atoms with E-state index in [1.54, 1.807) is 24.3 Å². The van der Waals surface area contributed by atoms with Gasteiger partial charge < -0.3 is 9.26 Å². The fraction of sp³-hybridized carbons (Fsp3) is 0.111. The normalized spacial score (nSPS) is 10.5. The number of carbonyl (C=O) groups is 1. The Bertz CT molecular complexity index is 824. The molecule has 1 aromatic heterocycles. The second-order valence-electron chi connectivity index (χ2n) is 5.14. The molecule has 0 fully saturated rings. The summed E-state index contributed by atoms with van der Waals surface area (Å²) in [5.74, 6) is 0.254. The quantitative estimate of drug-likeness (QED) is 0.619. The van der Waals surface area contributed by atoms with Gasteiger partial charge in [-0.2, -0.15) is 0 Å². The monoisotopic (exact) mass is 371 g/mol. The topological polar surface area (TPSA) is 52.3 Å². The number of ether oxygens (including phenoxy) is 1. The van der Waals surface area contributed by atoms with Crippen LogP contribution in [0.4, 0.5) is 0 Å². The number of esters is 1. The van der Waals surface area contributed by atoms with Gasteiger partial charge in [-0.05, 0) is 25.1 Å². The molecule has 23 heavy (non-hydrogen) atoms. The van der Waals surface area contributed by atoms with Gasteiger partial charge in [-0.15, -0.1) is 0 Å². The van der Waals surface area contributed by atoms with Gasteiger partial charge in [0.2, 0.25) is 0 Å². The predicted molar refractivity (Wildman–Crippen MR) is 89.9 cm³/mol. The molecule has 0 spiro atoms. The van der Waals surface area contributed by atoms with Crippen molar-refractivity contribution in [2.75, 3.05) is 0 Å². The van der Waals surface area contributed by atoms with Crippen LogP contribution in [-0.4, -0.2) is 11.1 Å². The lowest BCUT2D eigenvalue weighted by Crippen LogP contribution is -2.05. The maximum Gasteiger partial charge on any atom is 0.338 e. The Labute approximate surface area is 142 Å². The van der Waals surface area contributed by atoms with Gasteiger partial charge in [0.15, 0.2) is 5.76 Å². The number of nitrogens with zero attached hydrogens (tertiary/aromatic N) is 1. The van der Waals surface area contributed by atoms with Crippen LogP contribution in [-0.2, 0) is 11.3 Å². The van der Waals surface area contributed by atoms with Crippen LogP contribution in [0, 0.1) is 6.92 Å². The van der Waals surface area contributed by atoms with Gasteiger partial charge in [0.1, 0.15) is 12.3 Å². The minimum absolute atomic E-state index is 0.0701. The zero-order valence-electron chi connectivity index (χ0n) is 12.5. The maximum atomic E-state index is 12.0. The van der Waals surface area contributed by atoms with Gasteiger partial charge in [0.25, 0.3) is 0 Å². The highest BCUT2D eigenvalue weighted by molar-refractivity contribution is 9.10. The Morgan fingerprint density at radius 2 is 1.96 bits per heavy atom. The third-order valence-corrected chi connectivity index (χ3v) is 3.80. The van der Waals surface area contributed by atoms with Crippen molar-refractivity contribution in [3.05, 3.63) is 75.9 Å². The Morgan fingerprint density at radius 3 is 2.70 bits per heavy atom. The van der Waals surface area contributed by atoms with Gasteiger partial charge in [-0.3, -0.25) is 0 Å². The maximum absolute atomic E-state index is 12.0. The average Bonchev–Trinajstić information content (AvgIpc) is 3.02. The number of carbonyl (C=O) groups excluding carboxylic acids is 1. The Balaban J connectivity index is 1.65. The van der Waals surface area contributed by atoms with Crippen LogP contribution in [0.25, 0.3) is 11.3 Å². The van der Waals surface area contributed by atoms with E-state index in [1.807, 2.05) is 37.3 Å². The van der Waals surface area contributed by atoms with Crippen molar-refractivity contribution < 1.29 is 14.1 Å². The summed E-state index contributed by atoms with van der Waals surface area (Å²) in [6.45, 7) is 2.09. The molecule has 2 aromatic carbocycles. The molecule has 0 aliphatic carbocycles. The molecule has 0 aliphatic rings. The Hall–Kier alpha value is -2.40. The molecule has 0 aliphatic heterocycles. The summed E-state index contributed by atoms with van der Waals surface area (Å²) < 4.78 is 11.4. The minimum Gasteiger partial charge on any atom is -0.455 e. The molecule has 0 bridgehead atoms. The number of halogens is 1. The lowest BCUT2D eigenvalue weighted by Gasteiger charge is -2.02. The van der Waals surface area contributed by atoms with Gasteiger partial charge in [-0.25, -0.2) is 4.79 Å². The molecule has 0 atom stereocenters. The molecule has 3 rings (SSSR count). The van der Waals surface area contributed by atoms with E-state index in [4.69, 9.17) is 9.26 Å². The minimum atomic E-state index is -0.397.